The molecule has 2 heterocycles. The highest BCUT2D eigenvalue weighted by Crippen LogP contribution is 2.33. The number of benzene rings is 3. The van der Waals surface area contributed by atoms with Gasteiger partial charge in [0.15, 0.2) is 0 Å². The predicted molar refractivity (Wildman–Crippen MR) is 294 cm³/mol. The van der Waals surface area contributed by atoms with E-state index in [1.54, 1.807) is 55.5 Å². The monoisotopic (exact) mass is 1110 g/mol. The van der Waals surface area contributed by atoms with Crippen LogP contribution in [0.15, 0.2) is 85.1 Å². The number of likely N-dealkylation sites (N-methyl/N-ethyl adjacent to an activating group) is 1. The molecule has 1 aliphatic heterocycles. The van der Waals surface area contributed by atoms with Gasteiger partial charge < -0.3 is 58.3 Å². The number of alkyl halides is 3. The van der Waals surface area contributed by atoms with Gasteiger partial charge in [-0.05, 0) is 106 Å². The second-order valence-corrected chi connectivity index (χ2v) is 18.5. The van der Waals surface area contributed by atoms with Crippen molar-refractivity contribution in [1.82, 2.24) is 20.1 Å². The summed E-state index contributed by atoms with van der Waals surface area (Å²) >= 11 is 0. The SMILES string of the molecule is CCN(CC)c1ccc(NC(=O)c2cccc(C(=O)N(C)CCN3CCCC3C(=O)CCCOCCOCCOCCOCCOCCOCCOCCOC)c2)c(-c2cc(C(=O)NCc3cccc(C(F)(F)F)c3)ccn2)c1. The van der Waals surface area contributed by atoms with Crippen LogP contribution >= 0.6 is 0 Å². The number of carbonyl (C=O) groups is 4. The number of nitrogens with one attached hydrogen (secondary N) is 2. The Bertz CT molecular complexity index is 2470. The molecule has 5 rings (SSSR count). The second-order valence-electron chi connectivity index (χ2n) is 18.5. The molecule has 0 spiro atoms. The minimum atomic E-state index is -4.52. The molecule has 1 saturated heterocycles. The van der Waals surface area contributed by atoms with Crippen LogP contribution in [0.4, 0.5) is 24.5 Å². The quantitative estimate of drug-likeness (QED) is 0.0419. The van der Waals surface area contributed by atoms with E-state index in [2.05, 4.69) is 25.4 Å². The summed E-state index contributed by atoms with van der Waals surface area (Å²) in [5.41, 5.74) is 2.42. The number of halogens is 3. The van der Waals surface area contributed by atoms with Crippen molar-refractivity contribution in [3.05, 3.63) is 113 Å². The maximum absolute atomic E-state index is 14.0. The molecule has 79 heavy (non-hydrogen) atoms. The fourth-order valence-corrected chi connectivity index (χ4v) is 8.63. The third kappa shape index (κ3) is 22.7. The first-order valence-electron chi connectivity index (χ1n) is 27.1. The molecule has 1 aliphatic rings. The number of aromatic nitrogens is 1. The van der Waals surface area contributed by atoms with Crippen molar-refractivity contribution in [1.29, 1.82) is 0 Å². The third-order valence-electron chi connectivity index (χ3n) is 12.9. The van der Waals surface area contributed by atoms with Gasteiger partial charge in [-0.25, -0.2) is 0 Å². The molecule has 1 unspecified atom stereocenters. The number of ketones is 1. The molecule has 1 aromatic heterocycles. The molecule has 2 N–H and O–H groups in total. The molecule has 434 valence electrons. The van der Waals surface area contributed by atoms with Gasteiger partial charge in [-0.1, -0.05) is 18.2 Å². The zero-order valence-electron chi connectivity index (χ0n) is 46.2. The zero-order valence-corrected chi connectivity index (χ0v) is 46.2. The summed E-state index contributed by atoms with van der Waals surface area (Å²) in [6, 6.07) is 19.6. The average molecular weight is 1110 g/mol. The van der Waals surface area contributed by atoms with E-state index in [0.29, 0.717) is 161 Å². The Morgan fingerprint density at radius 1 is 0.684 bits per heavy atom. The third-order valence-corrected chi connectivity index (χ3v) is 12.9. The molecule has 18 nitrogen and oxygen atoms in total. The second kappa shape index (κ2) is 35.7. The highest BCUT2D eigenvalue weighted by atomic mass is 19.4. The number of nitrogens with zero attached hydrogens (tertiary/aromatic N) is 4. The molecule has 1 atom stereocenters. The van der Waals surface area contributed by atoms with Gasteiger partial charge in [-0.15, -0.1) is 0 Å². The zero-order chi connectivity index (χ0) is 56.7. The average Bonchev–Trinajstić information content (AvgIpc) is 3.97. The first kappa shape index (κ1) is 63.9. The number of rotatable bonds is 39. The van der Waals surface area contributed by atoms with Crippen LogP contribution < -0.4 is 15.5 Å². The number of hydrogen-bond donors (Lipinski definition) is 2. The maximum Gasteiger partial charge on any atom is 0.416 e. The number of amides is 3. The Morgan fingerprint density at radius 2 is 1.27 bits per heavy atom. The molecule has 0 bridgehead atoms. The number of pyridine rings is 1. The molecule has 4 aromatic rings. The molecule has 21 heteroatoms. The van der Waals surface area contributed by atoms with E-state index in [-0.39, 0.29) is 41.0 Å². The molecule has 3 aromatic carbocycles. The summed E-state index contributed by atoms with van der Waals surface area (Å²) in [6.07, 6.45) is -0.419. The van der Waals surface area contributed by atoms with Gasteiger partial charge >= 0.3 is 6.18 Å². The summed E-state index contributed by atoms with van der Waals surface area (Å²) in [5, 5.41) is 5.67. The number of likely N-dealkylation sites (tertiary alicyclic amines) is 1. The summed E-state index contributed by atoms with van der Waals surface area (Å²) in [4.78, 5) is 64.7. The number of hydrogen-bond acceptors (Lipinski definition) is 15. The van der Waals surface area contributed by atoms with Crippen molar-refractivity contribution >= 4 is 34.9 Å². The number of Topliss-reactive ketones (excluding diaryl/α,β-unsaturated/α-hetero) is 1. The number of carbonyl (C=O) groups excluding carboxylic acids is 4. The summed E-state index contributed by atoms with van der Waals surface area (Å²) < 4.78 is 83.4. The smallest absolute Gasteiger partial charge is 0.382 e. The first-order chi connectivity index (χ1) is 38.3. The Morgan fingerprint density at radius 3 is 1.87 bits per heavy atom. The highest BCUT2D eigenvalue weighted by Gasteiger charge is 2.31. The van der Waals surface area contributed by atoms with E-state index < -0.39 is 23.6 Å². The fourth-order valence-electron chi connectivity index (χ4n) is 8.63. The van der Waals surface area contributed by atoms with Crippen LogP contribution in [0.3, 0.4) is 0 Å². The molecule has 0 saturated carbocycles. The van der Waals surface area contributed by atoms with Crippen molar-refractivity contribution in [2.75, 3.05) is 156 Å². The number of methoxy groups -OCH3 is 1. The summed E-state index contributed by atoms with van der Waals surface area (Å²) in [7, 11) is 3.33. The van der Waals surface area contributed by atoms with Gasteiger partial charge in [0, 0.05) is 94.0 Å². The van der Waals surface area contributed by atoms with Crippen molar-refractivity contribution in [2.24, 2.45) is 0 Å². The van der Waals surface area contributed by atoms with E-state index >= 15 is 0 Å². The van der Waals surface area contributed by atoms with Gasteiger partial charge in [0.25, 0.3) is 17.7 Å². The van der Waals surface area contributed by atoms with Gasteiger partial charge in [-0.2, -0.15) is 13.2 Å². The van der Waals surface area contributed by atoms with E-state index in [0.717, 1.165) is 37.2 Å². The molecule has 1 fully saturated rings. The van der Waals surface area contributed by atoms with E-state index in [9.17, 15) is 32.3 Å². The van der Waals surface area contributed by atoms with Gasteiger partial charge in [0.05, 0.1) is 115 Å². The Labute approximate surface area is 462 Å². The standard InChI is InChI=1S/C58H79F3N6O12/c1-5-66(6-2)49-17-18-51(50(42-49)52-41-46(19-20-62-52)55(69)63-43-44-11-7-14-48(39-44)58(59,60)61)64-56(70)45-12-8-13-47(40-45)57(71)65(3)22-23-67-21-9-15-53(67)54(68)16-10-24-73-27-28-75-31-32-77-35-36-79-38-37-78-34-33-76-30-29-74-26-25-72-4/h7-8,11-14,17-20,39-42,53H,5-6,9-10,15-16,21-38,43H2,1-4H3,(H,63,69)(H,64,70). The van der Waals surface area contributed by atoms with Crippen LogP contribution in [0.25, 0.3) is 11.3 Å². The minimum absolute atomic E-state index is 0.130. The summed E-state index contributed by atoms with van der Waals surface area (Å²) in [6.45, 7) is 14.1. The van der Waals surface area contributed by atoms with Crippen LogP contribution in [0.1, 0.15) is 81.7 Å². The normalized spacial score (nSPS) is 13.6. The summed E-state index contributed by atoms with van der Waals surface area (Å²) in [5.74, 6) is -1.11. The van der Waals surface area contributed by atoms with E-state index in [1.807, 2.05) is 26.0 Å². The van der Waals surface area contributed by atoms with E-state index in [4.69, 9.17) is 37.9 Å². The maximum atomic E-state index is 14.0. The van der Waals surface area contributed by atoms with Gasteiger partial charge in [-0.3, -0.25) is 29.1 Å². The van der Waals surface area contributed by atoms with Crippen LogP contribution in [0.2, 0.25) is 0 Å². The van der Waals surface area contributed by atoms with Crippen molar-refractivity contribution in [3.63, 3.8) is 0 Å². The van der Waals surface area contributed by atoms with Gasteiger partial charge in [0.2, 0.25) is 0 Å². The molecule has 0 aliphatic carbocycles. The first-order valence-corrected chi connectivity index (χ1v) is 27.1. The van der Waals surface area contributed by atoms with Crippen LogP contribution in [0, 0.1) is 0 Å². The Balaban J connectivity index is 1.00. The Kier molecular flexibility index (Phi) is 28.9. The lowest BCUT2D eigenvalue weighted by molar-refractivity contribution is -0.137. The fraction of sp³-hybridized carbons (Fsp3) is 0.534. The van der Waals surface area contributed by atoms with Gasteiger partial charge in [0.1, 0.15) is 5.78 Å². The molecular formula is C58H79F3N6O12. The van der Waals surface area contributed by atoms with Crippen LogP contribution in [-0.4, -0.2) is 190 Å². The van der Waals surface area contributed by atoms with Crippen molar-refractivity contribution in [2.45, 2.75) is 58.3 Å². The lowest BCUT2D eigenvalue weighted by Gasteiger charge is -2.26. The topological polar surface area (TPSA) is 189 Å². The predicted octanol–water partition coefficient (Wildman–Crippen LogP) is 7.44. The van der Waals surface area contributed by atoms with Crippen molar-refractivity contribution < 1.29 is 70.2 Å². The number of ether oxygens (including phenoxy) is 8. The molecule has 3 amide bonds. The minimum Gasteiger partial charge on any atom is -0.382 e. The van der Waals surface area contributed by atoms with E-state index in [1.165, 1.54) is 24.4 Å². The van der Waals surface area contributed by atoms with Crippen LogP contribution in [0.5, 0.6) is 0 Å². The molecular weight excluding hydrogens is 1030 g/mol. The lowest BCUT2D eigenvalue weighted by Crippen LogP contribution is -2.41. The largest absolute Gasteiger partial charge is 0.416 e. The Hall–Kier alpha value is -5.88. The highest BCUT2D eigenvalue weighted by molar-refractivity contribution is 6.08. The van der Waals surface area contributed by atoms with Crippen LogP contribution in [-0.2, 0) is 55.4 Å². The molecule has 0 radical (unpaired) electrons. The van der Waals surface area contributed by atoms with Crippen molar-refractivity contribution in [3.8, 4) is 11.3 Å². The number of anilines is 2. The lowest BCUT2D eigenvalue weighted by atomic mass is 10.0.